The maximum Gasteiger partial charge on any atom is 0.248 e. The number of sulfonamides is 1. The van der Waals surface area contributed by atoms with E-state index in [1.807, 2.05) is 26.0 Å². The molecule has 16 heavy (non-hydrogen) atoms. The second kappa shape index (κ2) is 4.54. The van der Waals surface area contributed by atoms with E-state index in [0.717, 1.165) is 11.1 Å². The Labute approximate surface area is 96.0 Å². The Morgan fingerprint density at radius 2 is 2.00 bits per heavy atom. The molecule has 0 spiro atoms. The zero-order valence-corrected chi connectivity index (χ0v) is 10.3. The predicted octanol–water partition coefficient (Wildman–Crippen LogP) is 1.96. The van der Waals surface area contributed by atoms with Crippen LogP contribution in [0.3, 0.4) is 0 Å². The Morgan fingerprint density at radius 3 is 2.56 bits per heavy atom. The number of aryl methyl sites for hydroxylation is 2. The molecule has 0 bridgehead atoms. The molecule has 4 nitrogen and oxygen atoms in total. The molecule has 0 aliphatic heterocycles. The highest BCUT2D eigenvalue weighted by molar-refractivity contribution is 7.93. The van der Waals surface area contributed by atoms with Crippen LogP contribution in [0.25, 0.3) is 0 Å². The fraction of sp³-hybridized carbons (Fsp3) is 0.364. The van der Waals surface area contributed by atoms with Crippen LogP contribution in [-0.4, -0.2) is 13.7 Å². The lowest BCUT2D eigenvalue weighted by atomic mass is 10.1. The molecule has 1 atom stereocenters. The minimum absolute atomic E-state index is 0.530. The van der Waals surface area contributed by atoms with Crippen LogP contribution in [0.5, 0.6) is 0 Å². The van der Waals surface area contributed by atoms with Crippen molar-refractivity contribution in [2.24, 2.45) is 0 Å². The van der Waals surface area contributed by atoms with Crippen molar-refractivity contribution in [3.8, 4) is 6.07 Å². The van der Waals surface area contributed by atoms with Crippen molar-refractivity contribution >= 4 is 15.7 Å². The molecule has 0 amide bonds. The second-order valence-corrected chi connectivity index (χ2v) is 5.74. The topological polar surface area (TPSA) is 70.0 Å². The number of anilines is 1. The zero-order valence-electron chi connectivity index (χ0n) is 9.48. The summed E-state index contributed by atoms with van der Waals surface area (Å²) >= 11 is 0. The molecule has 1 unspecified atom stereocenters. The lowest BCUT2D eigenvalue weighted by Gasteiger charge is -2.12. The molecule has 0 aromatic heterocycles. The third-order valence-electron chi connectivity index (χ3n) is 2.29. The van der Waals surface area contributed by atoms with E-state index in [9.17, 15) is 8.42 Å². The number of nitrogens with zero attached hydrogens (tertiary/aromatic N) is 1. The van der Waals surface area contributed by atoms with Crippen LogP contribution in [0.1, 0.15) is 18.1 Å². The molecule has 5 heteroatoms. The largest absolute Gasteiger partial charge is 0.282 e. The standard InChI is InChI=1S/C11H14N2O2S/c1-8-4-5-9(2)11(6-8)13-16(14,15)10(3)7-12/h4-6,10,13H,1-3H3. The molecule has 0 aliphatic carbocycles. The zero-order chi connectivity index (χ0) is 12.3. The van der Waals surface area contributed by atoms with Crippen LogP contribution in [0.15, 0.2) is 18.2 Å². The molecule has 0 saturated carbocycles. The Balaban J connectivity index is 3.07. The molecule has 0 fully saturated rings. The summed E-state index contributed by atoms with van der Waals surface area (Å²) in [6, 6.07) is 7.20. The molecular formula is C11H14N2O2S. The molecule has 1 aromatic rings. The van der Waals surface area contributed by atoms with Crippen LogP contribution in [0.2, 0.25) is 0 Å². The average Bonchev–Trinajstić information content (AvgIpc) is 2.22. The van der Waals surface area contributed by atoms with Gasteiger partial charge in [-0.3, -0.25) is 4.72 Å². The first-order chi connectivity index (χ1) is 7.36. The SMILES string of the molecule is Cc1ccc(C)c(NS(=O)(=O)C(C)C#N)c1. The Hall–Kier alpha value is -1.54. The first-order valence-corrected chi connectivity index (χ1v) is 6.40. The molecule has 1 N–H and O–H groups in total. The maximum atomic E-state index is 11.7. The first-order valence-electron chi connectivity index (χ1n) is 4.85. The van der Waals surface area contributed by atoms with Gasteiger partial charge in [0.1, 0.15) is 0 Å². The summed E-state index contributed by atoms with van der Waals surface area (Å²) < 4.78 is 25.7. The third kappa shape index (κ3) is 2.74. The Morgan fingerprint density at radius 1 is 1.38 bits per heavy atom. The van der Waals surface area contributed by atoms with Gasteiger partial charge >= 0.3 is 0 Å². The number of hydrogen-bond acceptors (Lipinski definition) is 3. The molecule has 1 rings (SSSR count). The van der Waals surface area contributed by atoms with E-state index in [-0.39, 0.29) is 0 Å². The number of benzene rings is 1. The number of hydrogen-bond donors (Lipinski definition) is 1. The van der Waals surface area contributed by atoms with Crippen LogP contribution >= 0.6 is 0 Å². The van der Waals surface area contributed by atoms with Gasteiger partial charge in [0.05, 0.1) is 11.8 Å². The van der Waals surface area contributed by atoms with E-state index in [2.05, 4.69) is 4.72 Å². The summed E-state index contributed by atoms with van der Waals surface area (Å²) in [7, 11) is -3.61. The molecule has 86 valence electrons. The van der Waals surface area contributed by atoms with Crippen molar-refractivity contribution in [1.82, 2.24) is 0 Å². The Bertz CT molecular complexity index is 529. The second-order valence-electron chi connectivity index (χ2n) is 3.74. The quantitative estimate of drug-likeness (QED) is 0.875. The van der Waals surface area contributed by atoms with Crippen molar-refractivity contribution < 1.29 is 8.42 Å². The van der Waals surface area contributed by atoms with Crippen molar-refractivity contribution in [2.75, 3.05) is 4.72 Å². The molecule has 0 radical (unpaired) electrons. The third-order valence-corrected chi connectivity index (χ3v) is 3.83. The summed E-state index contributed by atoms with van der Waals surface area (Å²) in [5.74, 6) is 0. The maximum absolute atomic E-state index is 11.7. The van der Waals surface area contributed by atoms with E-state index in [1.165, 1.54) is 6.92 Å². The van der Waals surface area contributed by atoms with Gasteiger partial charge in [-0.15, -0.1) is 0 Å². The van der Waals surface area contributed by atoms with Gasteiger partial charge in [0.15, 0.2) is 5.25 Å². The van der Waals surface area contributed by atoms with Gasteiger partial charge in [0.2, 0.25) is 10.0 Å². The summed E-state index contributed by atoms with van der Waals surface area (Å²) in [5.41, 5.74) is 2.33. The van der Waals surface area contributed by atoms with Gasteiger partial charge in [-0.2, -0.15) is 5.26 Å². The van der Waals surface area contributed by atoms with E-state index >= 15 is 0 Å². The van der Waals surface area contributed by atoms with Gasteiger partial charge in [-0.05, 0) is 38.0 Å². The molecule has 1 aromatic carbocycles. The minimum Gasteiger partial charge on any atom is -0.282 e. The highest BCUT2D eigenvalue weighted by Crippen LogP contribution is 2.18. The van der Waals surface area contributed by atoms with Crippen LogP contribution in [0.4, 0.5) is 5.69 Å². The average molecular weight is 238 g/mol. The van der Waals surface area contributed by atoms with E-state index < -0.39 is 15.3 Å². The van der Waals surface area contributed by atoms with Gasteiger partial charge in [0.25, 0.3) is 0 Å². The Kier molecular flexibility index (Phi) is 3.55. The van der Waals surface area contributed by atoms with Gasteiger partial charge < -0.3 is 0 Å². The fourth-order valence-electron chi connectivity index (χ4n) is 1.16. The van der Waals surface area contributed by atoms with Gasteiger partial charge in [-0.1, -0.05) is 12.1 Å². The highest BCUT2D eigenvalue weighted by atomic mass is 32.2. The van der Waals surface area contributed by atoms with E-state index in [0.29, 0.717) is 5.69 Å². The smallest absolute Gasteiger partial charge is 0.248 e. The van der Waals surface area contributed by atoms with Crippen molar-refractivity contribution in [1.29, 1.82) is 5.26 Å². The van der Waals surface area contributed by atoms with E-state index in [4.69, 9.17) is 5.26 Å². The van der Waals surface area contributed by atoms with Crippen LogP contribution < -0.4 is 4.72 Å². The summed E-state index contributed by atoms with van der Waals surface area (Å²) in [6.07, 6.45) is 0. The highest BCUT2D eigenvalue weighted by Gasteiger charge is 2.20. The fourth-order valence-corrected chi connectivity index (χ4v) is 2.00. The summed E-state index contributed by atoms with van der Waals surface area (Å²) in [6.45, 7) is 5.05. The lowest BCUT2D eigenvalue weighted by Crippen LogP contribution is -2.24. The number of nitriles is 1. The van der Waals surface area contributed by atoms with Crippen LogP contribution in [0, 0.1) is 25.2 Å². The van der Waals surface area contributed by atoms with Gasteiger partial charge in [-0.25, -0.2) is 8.42 Å². The minimum atomic E-state index is -3.61. The molecular weight excluding hydrogens is 224 g/mol. The van der Waals surface area contributed by atoms with Crippen LogP contribution in [-0.2, 0) is 10.0 Å². The summed E-state index contributed by atoms with van der Waals surface area (Å²) in [5, 5.41) is 7.54. The normalized spacial score (nSPS) is 12.9. The van der Waals surface area contributed by atoms with Crippen molar-refractivity contribution in [2.45, 2.75) is 26.0 Å². The molecule has 0 aliphatic rings. The number of nitrogens with one attached hydrogen (secondary N) is 1. The summed E-state index contributed by atoms with van der Waals surface area (Å²) in [4.78, 5) is 0. The molecule has 0 saturated heterocycles. The van der Waals surface area contributed by atoms with E-state index in [1.54, 1.807) is 12.1 Å². The molecule has 0 heterocycles. The predicted molar refractivity (Wildman–Crippen MR) is 63.5 cm³/mol. The van der Waals surface area contributed by atoms with Crippen molar-refractivity contribution in [3.05, 3.63) is 29.3 Å². The lowest BCUT2D eigenvalue weighted by molar-refractivity contribution is 0.597. The van der Waals surface area contributed by atoms with Gasteiger partial charge in [0, 0.05) is 0 Å². The first kappa shape index (κ1) is 12.5. The number of rotatable bonds is 3. The van der Waals surface area contributed by atoms with Crippen molar-refractivity contribution in [3.63, 3.8) is 0 Å². The monoisotopic (exact) mass is 238 g/mol.